The van der Waals surface area contributed by atoms with Crippen LogP contribution in [0.4, 0.5) is 17.6 Å². The number of alkyl halides is 3. The minimum Gasteiger partial charge on any atom is -0.481 e. The number of hydrogen-bond acceptors (Lipinski definition) is 4. The molecule has 0 aliphatic heterocycles. The van der Waals surface area contributed by atoms with Gasteiger partial charge in [-0.1, -0.05) is 25.4 Å². The third-order valence-corrected chi connectivity index (χ3v) is 7.99. The van der Waals surface area contributed by atoms with Crippen LogP contribution in [0, 0.1) is 32.5 Å². The first kappa shape index (κ1) is 39.8. The number of pyridine rings is 1. The summed E-state index contributed by atoms with van der Waals surface area (Å²) in [5.74, 6) is -3.03. The first-order chi connectivity index (χ1) is 21.3. The second-order valence-electron chi connectivity index (χ2n) is 12.4. The van der Waals surface area contributed by atoms with Crippen LogP contribution in [0.25, 0.3) is 11.1 Å². The van der Waals surface area contributed by atoms with Crippen molar-refractivity contribution >= 4 is 37.0 Å². The molecule has 0 bridgehead atoms. The molecule has 3 aromatic rings. The predicted molar refractivity (Wildman–Crippen MR) is 181 cm³/mol. The minimum atomic E-state index is -4.79. The third-order valence-electron chi connectivity index (χ3n) is 7.77. The van der Waals surface area contributed by atoms with Crippen molar-refractivity contribution in [2.75, 3.05) is 20.6 Å². The summed E-state index contributed by atoms with van der Waals surface area (Å²) in [6.45, 7) is 9.02. The Morgan fingerprint density at radius 2 is 1.62 bits per heavy atom. The van der Waals surface area contributed by atoms with Crippen LogP contribution in [-0.4, -0.2) is 47.1 Å². The Labute approximate surface area is 284 Å². The maximum Gasteiger partial charge on any atom is 0.416 e. The first-order valence-electron chi connectivity index (χ1n) is 14.9. The first-order valence-corrected chi connectivity index (χ1v) is 15.2. The summed E-state index contributed by atoms with van der Waals surface area (Å²) in [4.78, 5) is 40.7. The van der Waals surface area contributed by atoms with Crippen LogP contribution in [0.15, 0.2) is 41.3 Å². The highest BCUT2D eigenvalue weighted by atomic mass is 35.5. The van der Waals surface area contributed by atoms with E-state index >= 15 is 4.39 Å². The van der Waals surface area contributed by atoms with Crippen LogP contribution in [0.3, 0.4) is 0 Å². The van der Waals surface area contributed by atoms with Gasteiger partial charge in [0.05, 0.1) is 18.0 Å². The number of nitrogens with one attached hydrogen (secondary N) is 1. The zero-order valence-electron chi connectivity index (χ0n) is 27.5. The molecule has 0 aliphatic rings. The number of rotatable bonds is 12. The fraction of sp³-hybridized carbons (Fsp3) is 0.441. The lowest BCUT2D eigenvalue weighted by Gasteiger charge is -2.27. The van der Waals surface area contributed by atoms with E-state index in [1.807, 2.05) is 13.8 Å². The standard InChI is InChI=1S/C34H40ClF4N3O4.H2S/c1-18(2)10-28(42-17-22(8-9-41(6)7)26(15-29(42)43)34(37,38)39)33(46)40-27(16-30(44)45)25-14-23(11-21(5)32(25)36)31-19(3)12-24(35)13-20(31)4;/h11-15,17-18,27-28H,8-10,16H2,1-7H3,(H,40,46)(H,44,45);1H2/t27-,28?;/m0./s1. The van der Waals surface area contributed by atoms with E-state index in [9.17, 15) is 32.7 Å². The van der Waals surface area contributed by atoms with Crippen molar-refractivity contribution in [1.29, 1.82) is 0 Å². The number of carboxylic acid groups (broad SMARTS) is 1. The maximum absolute atomic E-state index is 15.7. The smallest absolute Gasteiger partial charge is 0.416 e. The van der Waals surface area contributed by atoms with Crippen LogP contribution >= 0.6 is 25.1 Å². The normalized spacial score (nSPS) is 13.0. The molecule has 0 aliphatic carbocycles. The van der Waals surface area contributed by atoms with Crippen molar-refractivity contribution in [3.05, 3.63) is 91.1 Å². The summed E-state index contributed by atoms with van der Waals surface area (Å²) < 4.78 is 58.4. The van der Waals surface area contributed by atoms with Gasteiger partial charge in [0.1, 0.15) is 11.9 Å². The molecule has 1 unspecified atom stereocenters. The zero-order valence-corrected chi connectivity index (χ0v) is 29.2. The monoisotopic (exact) mass is 699 g/mol. The Morgan fingerprint density at radius 3 is 2.13 bits per heavy atom. The summed E-state index contributed by atoms with van der Waals surface area (Å²) in [5, 5.41) is 12.9. The van der Waals surface area contributed by atoms with E-state index in [4.69, 9.17) is 11.6 Å². The number of carbonyl (C=O) groups is 2. The Morgan fingerprint density at radius 1 is 1.02 bits per heavy atom. The molecule has 13 heteroatoms. The Bertz CT molecular complexity index is 1650. The minimum absolute atomic E-state index is 0. The van der Waals surface area contributed by atoms with Gasteiger partial charge in [0.25, 0.3) is 5.56 Å². The van der Waals surface area contributed by atoms with Crippen LogP contribution in [0.5, 0.6) is 0 Å². The molecule has 3 rings (SSSR count). The van der Waals surface area contributed by atoms with Gasteiger partial charge in [-0.05, 0) is 111 Å². The lowest BCUT2D eigenvalue weighted by atomic mass is 9.90. The molecule has 258 valence electrons. The highest BCUT2D eigenvalue weighted by Gasteiger charge is 2.36. The Balaban J connectivity index is 0.00000768. The van der Waals surface area contributed by atoms with Crippen LogP contribution in [-0.2, 0) is 22.2 Å². The van der Waals surface area contributed by atoms with Crippen LogP contribution in [0.2, 0.25) is 5.02 Å². The summed E-state index contributed by atoms with van der Waals surface area (Å²) in [6, 6.07) is 4.46. The molecule has 0 radical (unpaired) electrons. The van der Waals surface area contributed by atoms with Gasteiger partial charge in [-0.15, -0.1) is 0 Å². The predicted octanol–water partition coefficient (Wildman–Crippen LogP) is 7.39. The van der Waals surface area contributed by atoms with Gasteiger partial charge < -0.3 is 19.9 Å². The van der Waals surface area contributed by atoms with Gasteiger partial charge in [-0.3, -0.25) is 14.4 Å². The lowest BCUT2D eigenvalue weighted by Crippen LogP contribution is -2.41. The number of halogens is 5. The molecule has 0 spiro atoms. The number of nitrogens with zero attached hydrogens (tertiary/aromatic N) is 2. The van der Waals surface area contributed by atoms with E-state index < -0.39 is 53.5 Å². The molecular weight excluding hydrogens is 658 g/mol. The van der Waals surface area contributed by atoms with Crippen molar-refractivity contribution < 1.29 is 32.3 Å². The molecule has 1 amide bonds. The number of amides is 1. The topological polar surface area (TPSA) is 91.6 Å². The molecular formula is C34H42ClF4N3O4S. The van der Waals surface area contributed by atoms with Crippen LogP contribution in [0.1, 0.15) is 72.2 Å². The quantitative estimate of drug-likeness (QED) is 0.193. The molecule has 2 N–H and O–H groups in total. The van der Waals surface area contributed by atoms with Crippen molar-refractivity contribution in [1.82, 2.24) is 14.8 Å². The SMILES string of the molecule is Cc1cc(-c2c(C)cc(Cl)cc2C)cc([C@H](CC(=O)O)NC(=O)C(CC(C)C)n2cc(CCN(C)C)c(C(F)(F)F)cc2=O)c1F.S. The zero-order chi connectivity index (χ0) is 34.7. The third kappa shape index (κ3) is 10.1. The van der Waals surface area contributed by atoms with E-state index in [-0.39, 0.29) is 55.5 Å². The molecule has 2 atom stereocenters. The maximum atomic E-state index is 15.7. The number of benzene rings is 2. The van der Waals surface area contributed by atoms with Gasteiger partial charge >= 0.3 is 12.1 Å². The number of aliphatic carboxylic acids is 1. The van der Waals surface area contributed by atoms with Gasteiger partial charge in [-0.2, -0.15) is 26.7 Å². The second kappa shape index (κ2) is 16.2. The van der Waals surface area contributed by atoms with Gasteiger partial charge in [0, 0.05) is 29.4 Å². The van der Waals surface area contributed by atoms with Crippen molar-refractivity contribution in [3.63, 3.8) is 0 Å². The number of carbonyl (C=O) groups excluding carboxylic acids is 1. The van der Waals surface area contributed by atoms with Gasteiger partial charge in [0.2, 0.25) is 5.91 Å². The van der Waals surface area contributed by atoms with E-state index in [2.05, 4.69) is 5.32 Å². The molecule has 0 saturated carbocycles. The molecule has 7 nitrogen and oxygen atoms in total. The lowest BCUT2D eigenvalue weighted by molar-refractivity contribution is -0.139. The number of aromatic nitrogens is 1. The average Bonchev–Trinajstić information content (AvgIpc) is 2.90. The van der Waals surface area contributed by atoms with Gasteiger partial charge in [0.15, 0.2) is 0 Å². The molecule has 1 heterocycles. The summed E-state index contributed by atoms with van der Waals surface area (Å²) in [7, 11) is 3.40. The Hall–Kier alpha value is -3.35. The largest absolute Gasteiger partial charge is 0.481 e. The fourth-order valence-corrected chi connectivity index (χ4v) is 6.01. The average molecular weight is 700 g/mol. The number of likely N-dealkylation sites (N-methyl/N-ethyl adjacent to an activating group) is 1. The van der Waals surface area contributed by atoms with Gasteiger partial charge in [-0.25, -0.2) is 4.39 Å². The molecule has 0 saturated heterocycles. The molecule has 0 fully saturated rings. The van der Waals surface area contributed by atoms with E-state index in [0.717, 1.165) is 27.5 Å². The molecule has 2 aromatic carbocycles. The number of aryl methyl sites for hydroxylation is 3. The summed E-state index contributed by atoms with van der Waals surface area (Å²) >= 11 is 6.21. The Kier molecular flexibility index (Phi) is 13.7. The van der Waals surface area contributed by atoms with Crippen molar-refractivity contribution in [2.24, 2.45) is 5.92 Å². The molecule has 1 aromatic heterocycles. The summed E-state index contributed by atoms with van der Waals surface area (Å²) in [6.07, 6.45) is -4.40. The van der Waals surface area contributed by atoms with E-state index in [1.165, 1.54) is 13.0 Å². The van der Waals surface area contributed by atoms with Crippen molar-refractivity contribution in [3.8, 4) is 11.1 Å². The van der Waals surface area contributed by atoms with E-state index in [1.54, 1.807) is 51.0 Å². The molecule has 47 heavy (non-hydrogen) atoms. The van der Waals surface area contributed by atoms with Crippen molar-refractivity contribution in [2.45, 2.75) is 72.1 Å². The highest BCUT2D eigenvalue weighted by Crippen LogP contribution is 2.36. The van der Waals surface area contributed by atoms with Crippen LogP contribution < -0.4 is 10.9 Å². The fourth-order valence-electron chi connectivity index (χ4n) is 5.68. The number of hydrogen-bond donors (Lipinski definition) is 2. The summed E-state index contributed by atoms with van der Waals surface area (Å²) in [5.41, 5.74) is 0.853. The van der Waals surface area contributed by atoms with E-state index in [0.29, 0.717) is 16.7 Å². The highest BCUT2D eigenvalue weighted by molar-refractivity contribution is 7.59. The number of carboxylic acids is 1. The second-order valence-corrected chi connectivity index (χ2v) is 12.9.